The summed E-state index contributed by atoms with van der Waals surface area (Å²) in [5.41, 5.74) is 1.09. The molecule has 0 unspecified atom stereocenters. The third-order valence-corrected chi connectivity index (χ3v) is 6.48. The van der Waals surface area contributed by atoms with Crippen LogP contribution < -0.4 is 0 Å². The van der Waals surface area contributed by atoms with Crippen LogP contribution in [0.1, 0.15) is 52.0 Å². The highest BCUT2D eigenvalue weighted by molar-refractivity contribution is 5.89. The first-order chi connectivity index (χ1) is 15.7. The number of Topliss-reactive ketones (excluding diaryl/α,β-unsaturated/α-hetero) is 1. The van der Waals surface area contributed by atoms with Gasteiger partial charge in [-0.3, -0.25) is 14.8 Å². The number of piperidine rings is 1. The molecule has 2 bridgehead atoms. The molecular weight excluding hydrogens is 423 g/mol. The normalized spacial score (nSPS) is 22.8. The summed E-state index contributed by atoms with van der Waals surface area (Å²) in [4.78, 5) is 27.7. The smallest absolute Gasteiger partial charge is 0.411 e. The highest BCUT2D eigenvalue weighted by Crippen LogP contribution is 2.44. The maximum atomic E-state index is 14.7. The fourth-order valence-corrected chi connectivity index (χ4v) is 5.07. The molecular formula is C25H29FN4O3. The molecule has 1 aliphatic carbocycles. The number of aromatic nitrogens is 2. The molecule has 1 amide bonds. The minimum absolute atomic E-state index is 0.00630. The lowest BCUT2D eigenvalue weighted by molar-refractivity contribution is -0.126. The molecule has 2 aromatic rings. The second kappa shape index (κ2) is 8.97. The summed E-state index contributed by atoms with van der Waals surface area (Å²) in [6.45, 7) is 5.40. The quantitative estimate of drug-likeness (QED) is 0.688. The fourth-order valence-electron chi connectivity index (χ4n) is 5.07. The van der Waals surface area contributed by atoms with E-state index in [-0.39, 0.29) is 30.6 Å². The van der Waals surface area contributed by atoms with Crippen LogP contribution in [0.2, 0.25) is 0 Å². The van der Waals surface area contributed by atoms with Crippen molar-refractivity contribution in [3.8, 4) is 17.3 Å². The number of carbonyl (C=O) groups is 2. The zero-order chi connectivity index (χ0) is 23.8. The Bertz CT molecular complexity index is 1070. The summed E-state index contributed by atoms with van der Waals surface area (Å²) in [7, 11) is 0. The number of H-pyrrole nitrogens is 1. The molecule has 2 aliphatic rings. The van der Waals surface area contributed by atoms with E-state index in [1.165, 1.54) is 6.07 Å². The highest BCUT2D eigenvalue weighted by Gasteiger charge is 2.52. The number of nitrogens with one attached hydrogen (secondary N) is 1. The van der Waals surface area contributed by atoms with E-state index in [2.05, 4.69) is 16.3 Å². The van der Waals surface area contributed by atoms with Crippen LogP contribution in [0.4, 0.5) is 9.18 Å². The van der Waals surface area contributed by atoms with E-state index >= 15 is 0 Å². The van der Waals surface area contributed by atoms with E-state index in [0.29, 0.717) is 16.8 Å². The molecule has 8 heteroatoms. The Morgan fingerprint density at radius 3 is 2.76 bits per heavy atom. The Morgan fingerprint density at radius 1 is 1.33 bits per heavy atom. The summed E-state index contributed by atoms with van der Waals surface area (Å²) >= 11 is 0. The number of rotatable bonds is 6. The number of carbonyl (C=O) groups excluding carboxylic acids is 2. The second-order valence-corrected chi connectivity index (χ2v) is 10.0. The number of ether oxygens (including phenoxy) is 1. The monoisotopic (exact) mass is 452 g/mol. The first kappa shape index (κ1) is 23.0. The van der Waals surface area contributed by atoms with Crippen LogP contribution in [0.5, 0.6) is 0 Å². The van der Waals surface area contributed by atoms with Crippen molar-refractivity contribution in [3.63, 3.8) is 0 Å². The van der Waals surface area contributed by atoms with Crippen LogP contribution in [0.25, 0.3) is 11.3 Å². The number of halogens is 1. The summed E-state index contributed by atoms with van der Waals surface area (Å²) in [5, 5.41) is 16.4. The molecule has 1 saturated carbocycles. The Hall–Kier alpha value is -3.21. The molecule has 0 spiro atoms. The number of amides is 1. The van der Waals surface area contributed by atoms with E-state index in [1.54, 1.807) is 50.1 Å². The second-order valence-electron chi connectivity index (χ2n) is 10.0. The number of fused-ring (bicyclic) bond motifs is 2. The standard InChI is InChI=1S/C25H29FN4O3/c1-25(2,3)33-24(32)30-19-7-6-18(12-19)23(30)22(31)11-15(14-27)10-16-4-5-17(13-20(16)26)21-8-9-28-29-21/h4-5,8-9,13,15,18-19,23H,6-7,10-12H2,1-3H3,(H,28,29)/t15-,18+,19-,23+/m1/s1. The predicted octanol–water partition coefficient (Wildman–Crippen LogP) is 4.65. The minimum Gasteiger partial charge on any atom is -0.444 e. The number of hydrogen-bond acceptors (Lipinski definition) is 5. The number of likely N-dealkylation sites (tertiary alicyclic amines) is 1. The van der Waals surface area contributed by atoms with Gasteiger partial charge in [0.1, 0.15) is 11.4 Å². The van der Waals surface area contributed by atoms with Gasteiger partial charge in [0.15, 0.2) is 5.78 Å². The Labute approximate surface area is 192 Å². The summed E-state index contributed by atoms with van der Waals surface area (Å²) in [6, 6.07) is 8.16. The zero-order valence-corrected chi connectivity index (χ0v) is 19.2. The van der Waals surface area contributed by atoms with Gasteiger partial charge in [0.05, 0.1) is 23.7 Å². The third-order valence-electron chi connectivity index (χ3n) is 6.48. The molecule has 1 aromatic heterocycles. The molecule has 174 valence electrons. The van der Waals surface area contributed by atoms with Crippen molar-refractivity contribution in [2.45, 2.75) is 70.6 Å². The van der Waals surface area contributed by atoms with Gasteiger partial charge < -0.3 is 4.74 Å². The van der Waals surface area contributed by atoms with Crippen LogP contribution >= 0.6 is 0 Å². The largest absolute Gasteiger partial charge is 0.444 e. The maximum absolute atomic E-state index is 14.7. The number of ketones is 1. The molecule has 1 aliphatic heterocycles. The van der Waals surface area contributed by atoms with Crippen molar-refractivity contribution in [1.82, 2.24) is 15.1 Å². The topological polar surface area (TPSA) is 99.1 Å². The number of aromatic amines is 1. The molecule has 2 fully saturated rings. The molecule has 33 heavy (non-hydrogen) atoms. The summed E-state index contributed by atoms with van der Waals surface area (Å²) < 4.78 is 20.3. The van der Waals surface area contributed by atoms with Crippen molar-refractivity contribution in [1.29, 1.82) is 5.26 Å². The van der Waals surface area contributed by atoms with Gasteiger partial charge in [-0.1, -0.05) is 12.1 Å². The maximum Gasteiger partial charge on any atom is 0.411 e. The van der Waals surface area contributed by atoms with Gasteiger partial charge in [-0.15, -0.1) is 0 Å². The van der Waals surface area contributed by atoms with Gasteiger partial charge in [-0.25, -0.2) is 9.18 Å². The first-order valence-electron chi connectivity index (χ1n) is 11.4. The minimum atomic E-state index is -0.676. The molecule has 2 heterocycles. The van der Waals surface area contributed by atoms with Crippen molar-refractivity contribution >= 4 is 11.9 Å². The van der Waals surface area contributed by atoms with Crippen LogP contribution in [0.15, 0.2) is 30.5 Å². The number of nitriles is 1. The van der Waals surface area contributed by atoms with E-state index in [1.807, 2.05) is 0 Å². The Morgan fingerprint density at radius 2 is 2.12 bits per heavy atom. The van der Waals surface area contributed by atoms with E-state index in [4.69, 9.17) is 4.74 Å². The molecule has 4 atom stereocenters. The first-order valence-corrected chi connectivity index (χ1v) is 11.4. The molecule has 0 radical (unpaired) electrons. The number of nitrogens with zero attached hydrogens (tertiary/aromatic N) is 3. The average molecular weight is 453 g/mol. The Kier molecular flexibility index (Phi) is 6.24. The third kappa shape index (κ3) is 4.92. The van der Waals surface area contributed by atoms with Gasteiger partial charge in [-0.05, 0) is 70.1 Å². The van der Waals surface area contributed by atoms with Crippen molar-refractivity contribution in [3.05, 3.63) is 41.8 Å². The van der Waals surface area contributed by atoms with Crippen LogP contribution in [0.3, 0.4) is 0 Å². The SMILES string of the molecule is CC(C)(C)OC(=O)N1[C@@H]2CC[C@@H](C2)[C@H]1C(=O)C[C@H](C#N)Cc1ccc(-c2ccn[nH]2)cc1F. The average Bonchev–Trinajstić information content (AvgIpc) is 3.50. The lowest BCUT2D eigenvalue weighted by Crippen LogP contribution is -2.51. The number of hydrogen-bond donors (Lipinski definition) is 1. The molecule has 1 saturated heterocycles. The molecule has 1 N–H and O–H groups in total. The Balaban J connectivity index is 1.45. The fraction of sp³-hybridized carbons (Fsp3) is 0.520. The zero-order valence-electron chi connectivity index (χ0n) is 19.2. The van der Waals surface area contributed by atoms with Crippen molar-refractivity contribution < 1.29 is 18.7 Å². The highest BCUT2D eigenvalue weighted by atomic mass is 19.1. The van der Waals surface area contributed by atoms with Crippen LogP contribution in [0, 0.1) is 29.0 Å². The molecule has 7 nitrogen and oxygen atoms in total. The van der Waals surface area contributed by atoms with E-state index in [9.17, 15) is 19.2 Å². The van der Waals surface area contributed by atoms with Crippen LogP contribution in [-0.2, 0) is 16.0 Å². The molecule has 4 rings (SSSR count). The molecule has 1 aromatic carbocycles. The van der Waals surface area contributed by atoms with E-state index in [0.717, 1.165) is 19.3 Å². The van der Waals surface area contributed by atoms with Gasteiger partial charge in [0.25, 0.3) is 0 Å². The lowest BCUT2D eigenvalue weighted by atomic mass is 9.87. The summed E-state index contributed by atoms with van der Waals surface area (Å²) in [5.74, 6) is -1.15. The lowest BCUT2D eigenvalue weighted by Gasteiger charge is -2.35. The van der Waals surface area contributed by atoms with Gasteiger partial charge >= 0.3 is 6.09 Å². The van der Waals surface area contributed by atoms with Gasteiger partial charge in [-0.2, -0.15) is 10.4 Å². The van der Waals surface area contributed by atoms with Crippen molar-refractivity contribution in [2.24, 2.45) is 11.8 Å². The van der Waals surface area contributed by atoms with Gasteiger partial charge in [0.2, 0.25) is 0 Å². The van der Waals surface area contributed by atoms with E-state index < -0.39 is 29.5 Å². The van der Waals surface area contributed by atoms with Crippen molar-refractivity contribution in [2.75, 3.05) is 0 Å². The summed E-state index contributed by atoms with van der Waals surface area (Å²) in [6.07, 6.45) is 3.77. The predicted molar refractivity (Wildman–Crippen MR) is 119 cm³/mol. The van der Waals surface area contributed by atoms with Gasteiger partial charge in [0, 0.05) is 24.2 Å². The number of benzene rings is 1. The van der Waals surface area contributed by atoms with Crippen LogP contribution in [-0.4, -0.2) is 44.7 Å².